The summed E-state index contributed by atoms with van der Waals surface area (Å²) in [5.41, 5.74) is 0.898. The lowest BCUT2D eigenvalue weighted by molar-refractivity contribution is 0.0202. The van der Waals surface area contributed by atoms with E-state index in [-0.39, 0.29) is 30.6 Å². The molecule has 0 radical (unpaired) electrons. The van der Waals surface area contributed by atoms with Gasteiger partial charge in [0.25, 0.3) is 11.8 Å². The number of hydrogen-bond acceptors (Lipinski definition) is 6. The number of ether oxygens (including phenoxy) is 2. The van der Waals surface area contributed by atoms with Gasteiger partial charge in [-0.25, -0.2) is 14.3 Å². The summed E-state index contributed by atoms with van der Waals surface area (Å²) in [5.74, 6) is -0.571. The van der Waals surface area contributed by atoms with Crippen LogP contribution in [0.15, 0.2) is 36.8 Å². The summed E-state index contributed by atoms with van der Waals surface area (Å²) < 4.78 is 12.6. The van der Waals surface area contributed by atoms with Crippen LogP contribution in [0.2, 0.25) is 0 Å². The maximum Gasteiger partial charge on any atom is 0.419 e. The zero-order chi connectivity index (χ0) is 20.8. The molecule has 2 aliphatic heterocycles. The summed E-state index contributed by atoms with van der Waals surface area (Å²) >= 11 is 0. The molecular formula is C21H23N3O5. The standard InChI is InChI=1S/C21H23N3O5/c1-21(2,3)29-20(27)23-11-16(22-12-23)17-9-8-13(28-17)10-24-18(25)14-6-4-5-7-15(14)19(24)26/h4-7,11-13,17H,8-10H2,1-3H3/t13-,17+/m1/s1. The van der Waals surface area contributed by atoms with Crippen LogP contribution in [-0.2, 0) is 9.47 Å². The van der Waals surface area contributed by atoms with Crippen LogP contribution in [0.5, 0.6) is 0 Å². The number of fused-ring (bicyclic) bond motifs is 1. The molecule has 0 unspecified atom stereocenters. The predicted octanol–water partition coefficient (Wildman–Crippen LogP) is 3.18. The van der Waals surface area contributed by atoms with Gasteiger partial charge in [0, 0.05) is 6.20 Å². The molecule has 0 spiro atoms. The van der Waals surface area contributed by atoms with Crippen LogP contribution in [-0.4, -0.2) is 50.6 Å². The van der Waals surface area contributed by atoms with Crippen LogP contribution in [0, 0.1) is 0 Å². The number of carbonyl (C=O) groups excluding carboxylic acids is 3. The normalized spacial score (nSPS) is 21.6. The second-order valence-corrected chi connectivity index (χ2v) is 8.28. The highest BCUT2D eigenvalue weighted by atomic mass is 16.6. The first-order valence-corrected chi connectivity index (χ1v) is 9.61. The zero-order valence-electron chi connectivity index (χ0n) is 16.6. The Morgan fingerprint density at radius 2 is 1.83 bits per heavy atom. The van der Waals surface area contributed by atoms with Crippen LogP contribution in [0.4, 0.5) is 4.79 Å². The number of aromatic nitrogens is 2. The highest BCUT2D eigenvalue weighted by Gasteiger charge is 2.39. The fourth-order valence-corrected chi connectivity index (χ4v) is 3.58. The highest BCUT2D eigenvalue weighted by Crippen LogP contribution is 2.33. The Labute approximate surface area is 168 Å². The first kappa shape index (κ1) is 19.3. The monoisotopic (exact) mass is 397 g/mol. The maximum atomic E-state index is 12.5. The van der Waals surface area contributed by atoms with Crippen molar-refractivity contribution in [1.82, 2.24) is 14.5 Å². The fourth-order valence-electron chi connectivity index (χ4n) is 3.58. The minimum atomic E-state index is -0.594. The highest BCUT2D eigenvalue weighted by molar-refractivity contribution is 6.21. The Morgan fingerprint density at radius 1 is 1.17 bits per heavy atom. The molecule has 8 nitrogen and oxygen atoms in total. The smallest absolute Gasteiger partial charge is 0.419 e. The third kappa shape index (κ3) is 3.80. The van der Waals surface area contributed by atoms with Gasteiger partial charge in [0.15, 0.2) is 0 Å². The molecular weight excluding hydrogens is 374 g/mol. The zero-order valence-corrected chi connectivity index (χ0v) is 16.6. The van der Waals surface area contributed by atoms with E-state index in [4.69, 9.17) is 9.47 Å². The summed E-state index contributed by atoms with van der Waals surface area (Å²) in [6, 6.07) is 6.82. The summed E-state index contributed by atoms with van der Waals surface area (Å²) in [5, 5.41) is 0. The van der Waals surface area contributed by atoms with E-state index in [2.05, 4.69) is 4.98 Å². The van der Waals surface area contributed by atoms with Gasteiger partial charge < -0.3 is 9.47 Å². The van der Waals surface area contributed by atoms with Crippen molar-refractivity contribution in [2.45, 2.75) is 51.4 Å². The second kappa shape index (κ2) is 7.11. The molecule has 8 heteroatoms. The molecule has 29 heavy (non-hydrogen) atoms. The van der Waals surface area contributed by atoms with Gasteiger partial charge in [0.1, 0.15) is 18.0 Å². The third-order valence-corrected chi connectivity index (χ3v) is 4.91. The van der Waals surface area contributed by atoms with Gasteiger partial charge in [0.05, 0.1) is 29.5 Å². The van der Waals surface area contributed by atoms with Crippen LogP contribution >= 0.6 is 0 Å². The molecule has 1 fully saturated rings. The van der Waals surface area contributed by atoms with Gasteiger partial charge in [0.2, 0.25) is 0 Å². The van der Waals surface area contributed by atoms with Gasteiger partial charge in [-0.05, 0) is 45.7 Å². The van der Waals surface area contributed by atoms with Crippen LogP contribution in [0.1, 0.15) is 66.1 Å². The van der Waals surface area contributed by atoms with E-state index in [9.17, 15) is 14.4 Å². The second-order valence-electron chi connectivity index (χ2n) is 8.28. The van der Waals surface area contributed by atoms with Crippen molar-refractivity contribution in [2.75, 3.05) is 6.54 Å². The Hall–Kier alpha value is -3.00. The number of imide groups is 1. The van der Waals surface area contributed by atoms with E-state index in [1.54, 1.807) is 51.2 Å². The van der Waals surface area contributed by atoms with E-state index >= 15 is 0 Å². The summed E-state index contributed by atoms with van der Waals surface area (Å²) in [6.07, 6.45) is 3.33. The van der Waals surface area contributed by atoms with E-state index in [1.165, 1.54) is 15.8 Å². The van der Waals surface area contributed by atoms with Gasteiger partial charge >= 0.3 is 6.09 Å². The van der Waals surface area contributed by atoms with Gasteiger partial charge in [-0.2, -0.15) is 0 Å². The quantitative estimate of drug-likeness (QED) is 0.739. The largest absolute Gasteiger partial charge is 0.443 e. The Bertz CT molecular complexity index is 940. The molecule has 1 saturated heterocycles. The number of amides is 2. The van der Waals surface area contributed by atoms with E-state index < -0.39 is 11.7 Å². The van der Waals surface area contributed by atoms with Gasteiger partial charge in [-0.3, -0.25) is 14.5 Å². The minimum absolute atomic E-state index is 0.204. The molecule has 0 saturated carbocycles. The topological polar surface area (TPSA) is 90.7 Å². The molecule has 1 aromatic heterocycles. The predicted molar refractivity (Wildman–Crippen MR) is 103 cm³/mol. The summed E-state index contributed by atoms with van der Waals surface area (Å²) in [7, 11) is 0. The lowest BCUT2D eigenvalue weighted by atomic mass is 10.1. The molecule has 0 aliphatic carbocycles. The van der Waals surface area contributed by atoms with Crippen molar-refractivity contribution >= 4 is 17.9 Å². The lowest BCUT2D eigenvalue weighted by Gasteiger charge is -2.19. The molecule has 2 aliphatic rings. The molecule has 0 bridgehead atoms. The number of nitrogens with zero attached hydrogens (tertiary/aromatic N) is 3. The van der Waals surface area contributed by atoms with Crippen LogP contribution in [0.25, 0.3) is 0 Å². The van der Waals surface area contributed by atoms with E-state index in [1.807, 2.05) is 0 Å². The fraction of sp³-hybridized carbons (Fsp3) is 0.429. The summed E-state index contributed by atoms with van der Waals surface area (Å²) in [6.45, 7) is 5.60. The van der Waals surface area contributed by atoms with Crippen LogP contribution < -0.4 is 0 Å². The van der Waals surface area contributed by atoms with Crippen LogP contribution in [0.3, 0.4) is 0 Å². The number of hydrogen-bond donors (Lipinski definition) is 0. The molecule has 2 amide bonds. The first-order valence-electron chi connectivity index (χ1n) is 9.61. The average Bonchev–Trinajstić information content (AvgIpc) is 3.37. The van der Waals surface area contributed by atoms with E-state index in [0.29, 0.717) is 29.7 Å². The maximum absolute atomic E-state index is 12.5. The SMILES string of the molecule is CC(C)(C)OC(=O)n1cnc([C@@H]2CC[C@H](CN3C(=O)c4ccccc4C3=O)O2)c1. The van der Waals surface area contributed by atoms with E-state index in [0.717, 1.165) is 0 Å². The Morgan fingerprint density at radius 3 is 2.45 bits per heavy atom. The van der Waals surface area contributed by atoms with Crippen molar-refractivity contribution in [2.24, 2.45) is 0 Å². The molecule has 1 aromatic carbocycles. The molecule has 4 rings (SSSR count). The lowest BCUT2D eigenvalue weighted by Crippen LogP contribution is -2.36. The molecule has 2 atom stereocenters. The number of imidazole rings is 1. The number of benzene rings is 1. The Kier molecular flexibility index (Phi) is 4.74. The molecule has 2 aromatic rings. The Balaban J connectivity index is 1.39. The van der Waals surface area contributed by atoms with Crippen molar-refractivity contribution in [3.8, 4) is 0 Å². The van der Waals surface area contributed by atoms with Crippen molar-refractivity contribution in [3.05, 3.63) is 53.6 Å². The summed E-state index contributed by atoms with van der Waals surface area (Å²) in [4.78, 5) is 42.7. The van der Waals surface area contributed by atoms with Gasteiger partial charge in [-0.15, -0.1) is 0 Å². The average molecular weight is 397 g/mol. The van der Waals surface area contributed by atoms with Crippen molar-refractivity contribution in [1.29, 1.82) is 0 Å². The van der Waals surface area contributed by atoms with Crippen molar-refractivity contribution < 1.29 is 23.9 Å². The third-order valence-electron chi connectivity index (χ3n) is 4.91. The van der Waals surface area contributed by atoms with Crippen molar-refractivity contribution in [3.63, 3.8) is 0 Å². The molecule has 3 heterocycles. The molecule has 152 valence electrons. The number of rotatable bonds is 3. The minimum Gasteiger partial charge on any atom is -0.443 e. The number of carbonyl (C=O) groups is 3. The molecule has 0 N–H and O–H groups in total. The van der Waals surface area contributed by atoms with Gasteiger partial charge in [-0.1, -0.05) is 12.1 Å². The first-order chi connectivity index (χ1) is 13.7.